The number of aromatic nitrogens is 2. The Morgan fingerprint density at radius 1 is 1.06 bits per heavy atom. The second-order valence-electron chi connectivity index (χ2n) is 6.49. The van der Waals surface area contributed by atoms with Crippen molar-refractivity contribution in [2.45, 2.75) is 5.16 Å². The second kappa shape index (κ2) is 8.87. The smallest absolute Gasteiger partial charge is 0.266 e. The van der Waals surface area contributed by atoms with Gasteiger partial charge in [-0.05, 0) is 54.6 Å². The van der Waals surface area contributed by atoms with Crippen LogP contribution in [-0.2, 0) is 4.79 Å². The summed E-state index contributed by atoms with van der Waals surface area (Å²) >= 11 is 6.95. The standard InChI is InChI=1S/C22H14ClF2N3O2S/c23-17-11-15(9-10-18(17)25)28-21(30)16-3-1-2-4-19(16)27-22(28)31-12-20(29)26-14-7-5-13(24)6-8-14/h1-11H,12H2,(H,26,29). The van der Waals surface area contributed by atoms with Crippen LogP contribution in [0.15, 0.2) is 76.7 Å². The Morgan fingerprint density at radius 2 is 1.81 bits per heavy atom. The van der Waals surface area contributed by atoms with Gasteiger partial charge in [-0.15, -0.1) is 0 Å². The van der Waals surface area contributed by atoms with Gasteiger partial charge >= 0.3 is 0 Å². The molecule has 0 radical (unpaired) electrons. The molecule has 0 aliphatic heterocycles. The number of anilines is 1. The predicted octanol–water partition coefficient (Wildman–Crippen LogP) is 5.05. The summed E-state index contributed by atoms with van der Waals surface area (Å²) < 4.78 is 28.0. The van der Waals surface area contributed by atoms with E-state index in [4.69, 9.17) is 11.6 Å². The molecular weight excluding hydrogens is 444 g/mol. The first-order chi connectivity index (χ1) is 14.9. The fourth-order valence-corrected chi connectivity index (χ4v) is 3.91. The molecule has 0 unspecified atom stereocenters. The van der Waals surface area contributed by atoms with Gasteiger partial charge in [0, 0.05) is 5.69 Å². The van der Waals surface area contributed by atoms with Gasteiger partial charge in [-0.3, -0.25) is 14.2 Å². The third-order valence-corrected chi connectivity index (χ3v) is 5.59. The van der Waals surface area contributed by atoms with E-state index < -0.39 is 11.6 Å². The second-order valence-corrected chi connectivity index (χ2v) is 7.84. The van der Waals surface area contributed by atoms with Crippen LogP contribution < -0.4 is 10.9 Å². The van der Waals surface area contributed by atoms with Crippen LogP contribution in [0.1, 0.15) is 0 Å². The van der Waals surface area contributed by atoms with E-state index in [1.54, 1.807) is 24.3 Å². The number of nitrogens with zero attached hydrogens (tertiary/aromatic N) is 2. The highest BCUT2D eigenvalue weighted by molar-refractivity contribution is 7.99. The Hall–Kier alpha value is -3.23. The Labute approximate surface area is 184 Å². The Kier molecular flexibility index (Phi) is 6.01. The summed E-state index contributed by atoms with van der Waals surface area (Å²) in [6, 6.07) is 16.1. The molecule has 0 saturated carbocycles. The van der Waals surface area contributed by atoms with Crippen molar-refractivity contribution in [3.05, 3.63) is 93.7 Å². The van der Waals surface area contributed by atoms with Crippen molar-refractivity contribution in [3.63, 3.8) is 0 Å². The average Bonchev–Trinajstić information content (AvgIpc) is 2.76. The summed E-state index contributed by atoms with van der Waals surface area (Å²) in [7, 11) is 0. The molecule has 0 aliphatic rings. The van der Waals surface area contributed by atoms with Gasteiger partial charge in [0.15, 0.2) is 5.16 Å². The fourth-order valence-electron chi connectivity index (χ4n) is 2.92. The molecule has 1 N–H and O–H groups in total. The number of carbonyl (C=O) groups is 1. The van der Waals surface area contributed by atoms with E-state index in [0.29, 0.717) is 22.3 Å². The molecule has 31 heavy (non-hydrogen) atoms. The number of thioether (sulfide) groups is 1. The van der Waals surface area contributed by atoms with Crippen LogP contribution in [0.25, 0.3) is 16.6 Å². The molecule has 1 heterocycles. The number of nitrogens with one attached hydrogen (secondary N) is 1. The van der Waals surface area contributed by atoms with Gasteiger partial charge in [0.25, 0.3) is 5.56 Å². The molecule has 4 rings (SSSR count). The molecular formula is C22H14ClF2N3O2S. The zero-order valence-corrected chi connectivity index (χ0v) is 17.4. The minimum Gasteiger partial charge on any atom is -0.325 e. The Bertz CT molecular complexity index is 1340. The van der Waals surface area contributed by atoms with Crippen molar-refractivity contribution >= 4 is 45.9 Å². The number of amides is 1. The van der Waals surface area contributed by atoms with Crippen molar-refractivity contribution in [2.75, 3.05) is 11.1 Å². The van der Waals surface area contributed by atoms with Crippen molar-refractivity contribution < 1.29 is 13.6 Å². The van der Waals surface area contributed by atoms with Gasteiger partial charge < -0.3 is 5.32 Å². The molecule has 3 aromatic carbocycles. The van der Waals surface area contributed by atoms with Gasteiger partial charge in [-0.2, -0.15) is 0 Å². The molecule has 9 heteroatoms. The number of fused-ring (bicyclic) bond motifs is 1. The molecule has 0 spiro atoms. The van der Waals surface area contributed by atoms with Crippen LogP contribution in [0.4, 0.5) is 14.5 Å². The largest absolute Gasteiger partial charge is 0.325 e. The number of hydrogen-bond donors (Lipinski definition) is 1. The van der Waals surface area contributed by atoms with Crippen molar-refractivity contribution in [2.24, 2.45) is 0 Å². The summed E-state index contributed by atoms with van der Waals surface area (Å²) in [5, 5.41) is 3.15. The van der Waals surface area contributed by atoms with Crippen molar-refractivity contribution in [3.8, 4) is 5.69 Å². The molecule has 5 nitrogen and oxygen atoms in total. The molecule has 1 amide bonds. The van der Waals surface area contributed by atoms with Crippen LogP contribution in [-0.4, -0.2) is 21.2 Å². The number of halogens is 3. The van der Waals surface area contributed by atoms with Gasteiger partial charge in [0.1, 0.15) is 11.6 Å². The normalized spacial score (nSPS) is 10.9. The molecule has 0 saturated heterocycles. The van der Waals surface area contributed by atoms with E-state index in [0.717, 1.165) is 17.8 Å². The van der Waals surface area contributed by atoms with E-state index >= 15 is 0 Å². The van der Waals surface area contributed by atoms with Gasteiger partial charge in [-0.25, -0.2) is 13.8 Å². The first-order valence-corrected chi connectivity index (χ1v) is 10.4. The van der Waals surface area contributed by atoms with Gasteiger partial charge in [0.2, 0.25) is 5.91 Å². The van der Waals surface area contributed by atoms with E-state index in [2.05, 4.69) is 10.3 Å². The fraction of sp³-hybridized carbons (Fsp3) is 0.0455. The molecule has 0 aliphatic carbocycles. The summed E-state index contributed by atoms with van der Waals surface area (Å²) in [5.41, 5.74) is 0.880. The van der Waals surface area contributed by atoms with Crippen LogP contribution in [0, 0.1) is 11.6 Å². The molecule has 1 aromatic heterocycles. The lowest BCUT2D eigenvalue weighted by Gasteiger charge is -2.13. The SMILES string of the molecule is O=C(CSc1nc2ccccc2c(=O)n1-c1ccc(F)c(Cl)c1)Nc1ccc(F)cc1. The summed E-state index contributed by atoms with van der Waals surface area (Å²) in [6.07, 6.45) is 0. The Balaban J connectivity index is 1.68. The predicted molar refractivity (Wildman–Crippen MR) is 118 cm³/mol. The van der Waals surface area contributed by atoms with Crippen LogP contribution in [0.2, 0.25) is 5.02 Å². The van der Waals surface area contributed by atoms with Crippen LogP contribution in [0.3, 0.4) is 0 Å². The van der Waals surface area contributed by atoms with Crippen molar-refractivity contribution in [1.29, 1.82) is 0 Å². The van der Waals surface area contributed by atoms with E-state index in [9.17, 15) is 18.4 Å². The summed E-state index contributed by atoms with van der Waals surface area (Å²) in [4.78, 5) is 30.0. The first kappa shape index (κ1) is 21.0. The number of carbonyl (C=O) groups excluding carboxylic acids is 1. The zero-order valence-electron chi connectivity index (χ0n) is 15.8. The summed E-state index contributed by atoms with van der Waals surface area (Å²) in [6.45, 7) is 0. The number of benzene rings is 3. The topological polar surface area (TPSA) is 64.0 Å². The third kappa shape index (κ3) is 4.60. The quantitative estimate of drug-likeness (QED) is 0.336. The first-order valence-electron chi connectivity index (χ1n) is 9.08. The number of para-hydroxylation sites is 1. The number of hydrogen-bond acceptors (Lipinski definition) is 4. The minimum absolute atomic E-state index is 0.0584. The highest BCUT2D eigenvalue weighted by atomic mass is 35.5. The maximum absolute atomic E-state index is 13.6. The maximum Gasteiger partial charge on any atom is 0.266 e. The molecule has 0 fully saturated rings. The van der Waals surface area contributed by atoms with Gasteiger partial charge in [0.05, 0.1) is 27.4 Å². The third-order valence-electron chi connectivity index (χ3n) is 4.37. The van der Waals surface area contributed by atoms with Crippen LogP contribution >= 0.6 is 23.4 Å². The lowest BCUT2D eigenvalue weighted by atomic mass is 10.2. The zero-order chi connectivity index (χ0) is 22.0. The van der Waals surface area contributed by atoms with E-state index in [1.165, 1.54) is 41.0 Å². The minimum atomic E-state index is -0.611. The van der Waals surface area contributed by atoms with E-state index in [1.807, 2.05) is 0 Å². The maximum atomic E-state index is 13.6. The summed E-state index contributed by atoms with van der Waals surface area (Å²) in [5.74, 6) is -1.44. The molecule has 0 bridgehead atoms. The average molecular weight is 458 g/mol. The highest BCUT2D eigenvalue weighted by Gasteiger charge is 2.16. The monoisotopic (exact) mass is 457 g/mol. The van der Waals surface area contributed by atoms with Gasteiger partial charge in [-0.1, -0.05) is 35.5 Å². The molecule has 0 atom stereocenters. The van der Waals surface area contributed by atoms with Crippen molar-refractivity contribution in [1.82, 2.24) is 9.55 Å². The molecule has 4 aromatic rings. The lowest BCUT2D eigenvalue weighted by Crippen LogP contribution is -2.23. The molecule has 156 valence electrons. The highest BCUT2D eigenvalue weighted by Crippen LogP contribution is 2.24. The lowest BCUT2D eigenvalue weighted by molar-refractivity contribution is -0.113. The Morgan fingerprint density at radius 3 is 2.55 bits per heavy atom. The van der Waals surface area contributed by atoms with Crippen LogP contribution in [0.5, 0.6) is 0 Å². The van der Waals surface area contributed by atoms with E-state index in [-0.39, 0.29) is 27.4 Å². The number of rotatable bonds is 5.